The van der Waals surface area contributed by atoms with Crippen LogP contribution in [-0.4, -0.2) is 15.7 Å². The monoisotopic (exact) mass is 208 g/mol. The zero-order chi connectivity index (χ0) is 8.27. The maximum atomic E-state index is 5.64. The molecule has 0 aliphatic rings. The second-order valence-electron chi connectivity index (χ2n) is 1.73. The van der Waals surface area contributed by atoms with Crippen LogP contribution < -0.4 is 0 Å². The van der Waals surface area contributed by atoms with Crippen molar-refractivity contribution < 1.29 is 0 Å². The number of thioether (sulfide) groups is 1. The summed E-state index contributed by atoms with van der Waals surface area (Å²) in [5.74, 6) is 0.913. The Balaban J connectivity index is 2.89. The average Bonchev–Trinajstić information content (AvgIpc) is 1.85. The van der Waals surface area contributed by atoms with Gasteiger partial charge in [-0.3, -0.25) is 0 Å². The van der Waals surface area contributed by atoms with Gasteiger partial charge in [0.25, 0.3) is 0 Å². The van der Waals surface area contributed by atoms with Crippen LogP contribution in [0.2, 0.25) is 10.3 Å². The highest BCUT2D eigenvalue weighted by Gasteiger charge is 1.99. The van der Waals surface area contributed by atoms with E-state index in [1.165, 1.54) is 17.8 Å². The van der Waals surface area contributed by atoms with Crippen molar-refractivity contribution in [3.63, 3.8) is 0 Å². The number of halogens is 2. The predicted molar refractivity (Wildman–Crippen MR) is 48.5 cm³/mol. The Morgan fingerprint density at radius 3 is 2.36 bits per heavy atom. The predicted octanol–water partition coefficient (Wildman–Crippen LogP) is 2.90. The van der Waals surface area contributed by atoms with E-state index in [0.29, 0.717) is 15.5 Å². The fourth-order valence-electron chi connectivity index (χ4n) is 0.564. The van der Waals surface area contributed by atoms with E-state index in [1.807, 2.05) is 6.92 Å². The fraction of sp³-hybridized carbons (Fsp3) is 0.333. The lowest BCUT2D eigenvalue weighted by Crippen LogP contribution is -1.87. The molecule has 0 fully saturated rings. The molecule has 60 valence electrons. The SMILES string of the molecule is CCSc1nc(Cl)cc(Cl)n1. The summed E-state index contributed by atoms with van der Waals surface area (Å²) < 4.78 is 0. The van der Waals surface area contributed by atoms with Crippen molar-refractivity contribution in [2.24, 2.45) is 0 Å². The van der Waals surface area contributed by atoms with Gasteiger partial charge in [0.1, 0.15) is 10.3 Å². The van der Waals surface area contributed by atoms with Crippen LogP contribution in [0.15, 0.2) is 11.2 Å². The van der Waals surface area contributed by atoms with Crippen molar-refractivity contribution in [1.82, 2.24) is 9.97 Å². The summed E-state index contributed by atoms with van der Waals surface area (Å²) in [5.41, 5.74) is 0. The zero-order valence-electron chi connectivity index (χ0n) is 5.84. The lowest BCUT2D eigenvalue weighted by molar-refractivity contribution is 0.969. The summed E-state index contributed by atoms with van der Waals surface area (Å²) in [6.45, 7) is 2.02. The van der Waals surface area contributed by atoms with Crippen molar-refractivity contribution >= 4 is 35.0 Å². The number of aromatic nitrogens is 2. The Morgan fingerprint density at radius 2 is 1.91 bits per heavy atom. The van der Waals surface area contributed by atoms with Crippen molar-refractivity contribution in [3.8, 4) is 0 Å². The van der Waals surface area contributed by atoms with Crippen molar-refractivity contribution in [2.75, 3.05) is 5.75 Å². The Hall–Kier alpha value is 0.01000. The van der Waals surface area contributed by atoms with E-state index in [0.717, 1.165) is 5.75 Å². The molecule has 0 atom stereocenters. The molecule has 2 nitrogen and oxygen atoms in total. The van der Waals surface area contributed by atoms with Gasteiger partial charge < -0.3 is 0 Å². The maximum absolute atomic E-state index is 5.64. The van der Waals surface area contributed by atoms with Gasteiger partial charge >= 0.3 is 0 Å². The minimum absolute atomic E-state index is 0.390. The summed E-state index contributed by atoms with van der Waals surface area (Å²) in [6, 6.07) is 1.52. The van der Waals surface area contributed by atoms with E-state index in [-0.39, 0.29) is 0 Å². The van der Waals surface area contributed by atoms with Crippen LogP contribution in [0.25, 0.3) is 0 Å². The summed E-state index contributed by atoms with van der Waals surface area (Å²) in [4.78, 5) is 7.91. The molecule has 0 bridgehead atoms. The van der Waals surface area contributed by atoms with Crippen LogP contribution in [0.5, 0.6) is 0 Å². The van der Waals surface area contributed by atoms with E-state index < -0.39 is 0 Å². The van der Waals surface area contributed by atoms with Gasteiger partial charge in [-0.2, -0.15) is 0 Å². The number of hydrogen-bond acceptors (Lipinski definition) is 3. The lowest BCUT2D eigenvalue weighted by atomic mass is 10.7. The first-order valence-electron chi connectivity index (χ1n) is 3.05. The van der Waals surface area contributed by atoms with E-state index >= 15 is 0 Å². The minimum atomic E-state index is 0.390. The van der Waals surface area contributed by atoms with E-state index in [1.54, 1.807) is 0 Å². The second-order valence-corrected chi connectivity index (χ2v) is 3.73. The summed E-state index contributed by atoms with van der Waals surface area (Å²) in [7, 11) is 0. The third-order valence-corrected chi connectivity index (χ3v) is 2.03. The number of hydrogen-bond donors (Lipinski definition) is 0. The molecule has 1 aromatic rings. The van der Waals surface area contributed by atoms with Crippen molar-refractivity contribution in [3.05, 3.63) is 16.4 Å². The Bertz CT molecular complexity index is 234. The highest BCUT2D eigenvalue weighted by molar-refractivity contribution is 7.99. The van der Waals surface area contributed by atoms with Gasteiger partial charge in [0, 0.05) is 6.07 Å². The third kappa shape index (κ3) is 2.85. The molecule has 0 saturated carbocycles. The smallest absolute Gasteiger partial charge is 0.190 e. The maximum Gasteiger partial charge on any atom is 0.190 e. The van der Waals surface area contributed by atoms with Gasteiger partial charge in [0.05, 0.1) is 0 Å². The largest absolute Gasteiger partial charge is 0.211 e. The van der Waals surface area contributed by atoms with Crippen LogP contribution >= 0.6 is 35.0 Å². The van der Waals surface area contributed by atoms with Crippen LogP contribution in [0.4, 0.5) is 0 Å². The Labute approximate surface area is 79.3 Å². The normalized spacial score (nSPS) is 10.1. The molecule has 0 aromatic carbocycles. The lowest BCUT2D eigenvalue weighted by Gasteiger charge is -1.96. The van der Waals surface area contributed by atoms with E-state index in [4.69, 9.17) is 23.2 Å². The fourth-order valence-corrected chi connectivity index (χ4v) is 1.67. The van der Waals surface area contributed by atoms with Gasteiger partial charge in [0.2, 0.25) is 0 Å². The molecule has 0 spiro atoms. The van der Waals surface area contributed by atoms with Crippen LogP contribution in [-0.2, 0) is 0 Å². The van der Waals surface area contributed by atoms with Crippen molar-refractivity contribution in [1.29, 1.82) is 0 Å². The molecule has 11 heavy (non-hydrogen) atoms. The second kappa shape index (κ2) is 4.14. The minimum Gasteiger partial charge on any atom is -0.211 e. The molecule has 0 aliphatic heterocycles. The third-order valence-electron chi connectivity index (χ3n) is 0.917. The van der Waals surface area contributed by atoms with Crippen LogP contribution in [0.1, 0.15) is 6.92 Å². The van der Waals surface area contributed by atoms with Crippen LogP contribution in [0, 0.1) is 0 Å². The molecule has 0 N–H and O–H groups in total. The van der Waals surface area contributed by atoms with Gasteiger partial charge in [-0.05, 0) is 5.75 Å². The highest BCUT2D eigenvalue weighted by Crippen LogP contribution is 2.18. The van der Waals surface area contributed by atoms with Gasteiger partial charge in [-0.25, -0.2) is 9.97 Å². The molecular formula is C6H6Cl2N2S. The molecular weight excluding hydrogens is 203 g/mol. The molecule has 0 aliphatic carbocycles. The average molecular weight is 209 g/mol. The topological polar surface area (TPSA) is 25.8 Å². The standard InChI is InChI=1S/C6H6Cl2N2S/c1-2-11-6-9-4(7)3-5(8)10-6/h3H,2H2,1H3. The van der Waals surface area contributed by atoms with Gasteiger partial charge in [-0.1, -0.05) is 41.9 Å². The zero-order valence-corrected chi connectivity index (χ0v) is 8.17. The number of nitrogens with zero attached hydrogens (tertiary/aromatic N) is 2. The van der Waals surface area contributed by atoms with Crippen molar-refractivity contribution in [2.45, 2.75) is 12.1 Å². The number of rotatable bonds is 2. The molecule has 0 unspecified atom stereocenters. The van der Waals surface area contributed by atoms with E-state index in [9.17, 15) is 0 Å². The molecule has 5 heteroatoms. The molecule has 0 amide bonds. The molecule has 1 heterocycles. The quantitative estimate of drug-likeness (QED) is 0.425. The summed E-state index contributed by atoms with van der Waals surface area (Å²) in [5, 5.41) is 1.41. The molecule has 0 saturated heterocycles. The van der Waals surface area contributed by atoms with Gasteiger partial charge in [0.15, 0.2) is 5.16 Å². The first-order valence-corrected chi connectivity index (χ1v) is 4.79. The Kier molecular flexibility index (Phi) is 3.43. The molecule has 0 radical (unpaired) electrons. The summed E-state index contributed by atoms with van der Waals surface area (Å²) in [6.07, 6.45) is 0. The Morgan fingerprint density at radius 1 is 1.36 bits per heavy atom. The first kappa shape index (κ1) is 9.10. The molecule has 1 rings (SSSR count). The highest BCUT2D eigenvalue weighted by atomic mass is 35.5. The molecule has 1 aromatic heterocycles. The van der Waals surface area contributed by atoms with E-state index in [2.05, 4.69) is 9.97 Å². The first-order chi connectivity index (χ1) is 5.22. The van der Waals surface area contributed by atoms with Gasteiger partial charge in [-0.15, -0.1) is 0 Å². The van der Waals surface area contributed by atoms with Crippen LogP contribution in [0.3, 0.4) is 0 Å². The summed E-state index contributed by atoms with van der Waals surface area (Å²) >= 11 is 12.8.